The smallest absolute Gasteiger partial charge is 0.267 e. The second-order valence-electron chi connectivity index (χ2n) is 6.42. The van der Waals surface area contributed by atoms with E-state index in [0.717, 1.165) is 34.9 Å². The average molecular weight is 385 g/mol. The van der Waals surface area contributed by atoms with Crippen molar-refractivity contribution in [1.82, 2.24) is 4.98 Å². The summed E-state index contributed by atoms with van der Waals surface area (Å²) < 4.78 is 6.11. The second kappa shape index (κ2) is 7.60. The molecule has 2 heterocycles. The van der Waals surface area contributed by atoms with Gasteiger partial charge in [0.2, 0.25) is 0 Å². The van der Waals surface area contributed by atoms with Crippen molar-refractivity contribution >= 4 is 34.3 Å². The molecule has 0 aliphatic heterocycles. The van der Waals surface area contributed by atoms with Crippen LogP contribution in [0.25, 0.3) is 10.6 Å². The number of aromatic nitrogens is 1. The zero-order valence-corrected chi connectivity index (χ0v) is 16.2. The highest BCUT2D eigenvalue weighted by molar-refractivity contribution is 7.17. The van der Waals surface area contributed by atoms with Crippen LogP contribution >= 0.6 is 22.7 Å². The maximum atomic E-state index is 12.8. The zero-order chi connectivity index (χ0) is 17.9. The monoisotopic (exact) mass is 384 g/mol. The first kappa shape index (κ1) is 17.2. The summed E-state index contributed by atoms with van der Waals surface area (Å²) in [5.74, 6) is 0.608. The number of hydrogen-bond acceptors (Lipinski definition) is 5. The van der Waals surface area contributed by atoms with E-state index < -0.39 is 0 Å². The molecule has 3 aromatic rings. The molecular weight excluding hydrogens is 364 g/mol. The van der Waals surface area contributed by atoms with Gasteiger partial charge in [0.05, 0.1) is 17.5 Å². The molecule has 1 N–H and O–H groups in total. The Balaban J connectivity index is 1.53. The highest BCUT2D eigenvalue weighted by Gasteiger charge is 2.20. The fraction of sp³-hybridized carbons (Fsp3) is 0.300. The third-order valence-electron chi connectivity index (χ3n) is 4.50. The van der Waals surface area contributed by atoms with Gasteiger partial charge in [0, 0.05) is 10.9 Å². The first-order valence-electron chi connectivity index (χ1n) is 8.78. The normalized spacial score (nSPS) is 14.5. The molecule has 1 fully saturated rings. The number of thiophene rings is 1. The Morgan fingerprint density at radius 3 is 2.81 bits per heavy atom. The Hall–Kier alpha value is -2.18. The van der Waals surface area contributed by atoms with Crippen LogP contribution in [0.4, 0.5) is 5.69 Å². The summed E-state index contributed by atoms with van der Waals surface area (Å²) >= 11 is 3.05. The van der Waals surface area contributed by atoms with E-state index in [1.807, 2.05) is 48.0 Å². The van der Waals surface area contributed by atoms with E-state index >= 15 is 0 Å². The number of thiazole rings is 1. The number of anilines is 1. The molecule has 1 aromatic carbocycles. The summed E-state index contributed by atoms with van der Waals surface area (Å²) in [5.41, 5.74) is 2.53. The standard InChI is InChI=1S/C20H20N2O2S2/c1-13-18(26-20(21-13)14-10-11-25-12-14)19(23)22-16-8-4-5-9-17(16)24-15-6-2-3-7-15/h4-5,8-12,15H,2-3,6-7H2,1H3,(H,22,23). The number of carbonyl (C=O) groups excluding carboxylic acids is 1. The summed E-state index contributed by atoms with van der Waals surface area (Å²) in [6.45, 7) is 1.88. The minimum atomic E-state index is -0.135. The van der Waals surface area contributed by atoms with Crippen molar-refractivity contribution in [1.29, 1.82) is 0 Å². The van der Waals surface area contributed by atoms with Gasteiger partial charge in [-0.25, -0.2) is 4.98 Å². The largest absolute Gasteiger partial charge is 0.488 e. The van der Waals surface area contributed by atoms with Gasteiger partial charge in [0.1, 0.15) is 15.6 Å². The van der Waals surface area contributed by atoms with Crippen molar-refractivity contribution in [2.24, 2.45) is 0 Å². The van der Waals surface area contributed by atoms with Crippen molar-refractivity contribution in [2.45, 2.75) is 38.7 Å². The molecule has 1 amide bonds. The number of benzene rings is 1. The number of nitrogens with one attached hydrogen (secondary N) is 1. The molecule has 26 heavy (non-hydrogen) atoms. The van der Waals surface area contributed by atoms with E-state index in [0.29, 0.717) is 10.6 Å². The van der Waals surface area contributed by atoms with E-state index in [1.54, 1.807) is 11.3 Å². The predicted octanol–water partition coefficient (Wildman–Crippen LogP) is 5.75. The van der Waals surface area contributed by atoms with Gasteiger partial charge in [0.15, 0.2) is 0 Å². The van der Waals surface area contributed by atoms with E-state index in [1.165, 1.54) is 24.2 Å². The molecule has 0 atom stereocenters. The SMILES string of the molecule is Cc1nc(-c2ccsc2)sc1C(=O)Nc1ccccc1OC1CCCC1. The summed E-state index contributed by atoms with van der Waals surface area (Å²) in [6.07, 6.45) is 4.85. The lowest BCUT2D eigenvalue weighted by Crippen LogP contribution is -2.15. The summed E-state index contributed by atoms with van der Waals surface area (Å²) in [5, 5.41) is 7.95. The van der Waals surface area contributed by atoms with E-state index in [9.17, 15) is 4.79 Å². The maximum Gasteiger partial charge on any atom is 0.267 e. The topological polar surface area (TPSA) is 51.2 Å². The summed E-state index contributed by atoms with van der Waals surface area (Å²) in [4.78, 5) is 18.0. The van der Waals surface area contributed by atoms with Gasteiger partial charge in [-0.1, -0.05) is 12.1 Å². The van der Waals surface area contributed by atoms with Gasteiger partial charge < -0.3 is 10.1 Å². The molecule has 1 aliphatic rings. The number of hydrogen-bond donors (Lipinski definition) is 1. The molecule has 134 valence electrons. The Kier molecular flexibility index (Phi) is 5.04. The van der Waals surface area contributed by atoms with Crippen molar-refractivity contribution in [3.8, 4) is 16.3 Å². The molecule has 0 radical (unpaired) electrons. The van der Waals surface area contributed by atoms with Crippen LogP contribution in [0.5, 0.6) is 5.75 Å². The molecule has 0 spiro atoms. The average Bonchev–Trinajstić information content (AvgIpc) is 3.37. The fourth-order valence-electron chi connectivity index (χ4n) is 3.15. The van der Waals surface area contributed by atoms with Gasteiger partial charge in [0.25, 0.3) is 5.91 Å². The Bertz CT molecular complexity index is 896. The molecule has 0 bridgehead atoms. The van der Waals surface area contributed by atoms with E-state index in [2.05, 4.69) is 10.3 Å². The molecule has 1 saturated carbocycles. The molecular formula is C20H20N2O2S2. The Labute approximate surface area is 160 Å². The van der Waals surface area contributed by atoms with Crippen LogP contribution in [0.2, 0.25) is 0 Å². The highest BCUT2D eigenvalue weighted by Crippen LogP contribution is 2.32. The van der Waals surface area contributed by atoms with E-state index in [4.69, 9.17) is 4.74 Å². The maximum absolute atomic E-state index is 12.8. The minimum absolute atomic E-state index is 0.135. The second-order valence-corrected chi connectivity index (χ2v) is 8.20. The first-order valence-corrected chi connectivity index (χ1v) is 10.5. The number of aryl methyl sites for hydroxylation is 1. The molecule has 1 aliphatic carbocycles. The highest BCUT2D eigenvalue weighted by atomic mass is 32.1. The lowest BCUT2D eigenvalue weighted by molar-refractivity contribution is 0.102. The molecule has 0 saturated heterocycles. The summed E-state index contributed by atoms with van der Waals surface area (Å²) in [6, 6.07) is 9.68. The van der Waals surface area contributed by atoms with Gasteiger partial charge in [-0.3, -0.25) is 4.79 Å². The summed E-state index contributed by atoms with van der Waals surface area (Å²) in [7, 11) is 0. The predicted molar refractivity (Wildman–Crippen MR) is 107 cm³/mol. The van der Waals surface area contributed by atoms with Crippen molar-refractivity contribution in [3.63, 3.8) is 0 Å². The number of para-hydroxylation sites is 2. The van der Waals surface area contributed by atoms with Crippen molar-refractivity contribution in [3.05, 3.63) is 51.7 Å². The molecule has 4 rings (SSSR count). The van der Waals surface area contributed by atoms with Crippen LogP contribution in [0.1, 0.15) is 41.0 Å². The van der Waals surface area contributed by atoms with Crippen LogP contribution < -0.4 is 10.1 Å². The Morgan fingerprint density at radius 2 is 2.04 bits per heavy atom. The number of carbonyl (C=O) groups is 1. The zero-order valence-electron chi connectivity index (χ0n) is 14.5. The Morgan fingerprint density at radius 1 is 1.23 bits per heavy atom. The molecule has 0 unspecified atom stereocenters. The number of nitrogens with zero attached hydrogens (tertiary/aromatic N) is 1. The third-order valence-corrected chi connectivity index (χ3v) is 6.39. The molecule has 2 aromatic heterocycles. The number of rotatable bonds is 5. The number of ether oxygens (including phenoxy) is 1. The van der Waals surface area contributed by atoms with Gasteiger partial charge in [-0.05, 0) is 56.2 Å². The van der Waals surface area contributed by atoms with Gasteiger partial charge in [-0.2, -0.15) is 11.3 Å². The quantitative estimate of drug-likeness (QED) is 0.609. The van der Waals surface area contributed by atoms with Crippen molar-refractivity contribution in [2.75, 3.05) is 5.32 Å². The van der Waals surface area contributed by atoms with E-state index in [-0.39, 0.29) is 12.0 Å². The van der Waals surface area contributed by atoms with Crippen LogP contribution in [0, 0.1) is 6.92 Å². The lowest BCUT2D eigenvalue weighted by Gasteiger charge is -2.16. The van der Waals surface area contributed by atoms with Gasteiger partial charge >= 0.3 is 0 Å². The molecule has 6 heteroatoms. The third kappa shape index (κ3) is 3.66. The lowest BCUT2D eigenvalue weighted by atomic mass is 10.2. The van der Waals surface area contributed by atoms with Crippen molar-refractivity contribution < 1.29 is 9.53 Å². The first-order chi connectivity index (χ1) is 12.7. The van der Waals surface area contributed by atoms with Crippen LogP contribution in [0.3, 0.4) is 0 Å². The fourth-order valence-corrected chi connectivity index (χ4v) is 4.83. The number of amides is 1. The molecule has 4 nitrogen and oxygen atoms in total. The van der Waals surface area contributed by atoms with Gasteiger partial charge in [-0.15, -0.1) is 11.3 Å². The minimum Gasteiger partial charge on any atom is -0.488 e. The van der Waals surface area contributed by atoms with Crippen LogP contribution in [0.15, 0.2) is 41.1 Å². The van der Waals surface area contributed by atoms with Crippen LogP contribution in [-0.2, 0) is 0 Å². The van der Waals surface area contributed by atoms with Crippen LogP contribution in [-0.4, -0.2) is 17.0 Å².